The number of amides is 2. The van der Waals surface area contributed by atoms with Gasteiger partial charge in [-0.3, -0.25) is 0 Å². The van der Waals surface area contributed by atoms with E-state index in [0.29, 0.717) is 19.7 Å². The van der Waals surface area contributed by atoms with Gasteiger partial charge in [-0.15, -0.1) is 11.3 Å². The van der Waals surface area contributed by atoms with E-state index >= 15 is 0 Å². The Labute approximate surface area is 135 Å². The van der Waals surface area contributed by atoms with Gasteiger partial charge in [0.2, 0.25) is 0 Å². The van der Waals surface area contributed by atoms with E-state index in [1.807, 2.05) is 41.8 Å². The van der Waals surface area contributed by atoms with Crippen LogP contribution in [0.1, 0.15) is 29.3 Å². The molecule has 0 fully saturated rings. The summed E-state index contributed by atoms with van der Waals surface area (Å²) < 4.78 is 5.59. The minimum Gasteiger partial charge on any atom is -0.377 e. The number of hydrogen-bond acceptors (Lipinski definition) is 3. The molecule has 1 aromatic carbocycles. The topological polar surface area (TPSA) is 50.4 Å². The first kappa shape index (κ1) is 16.5. The summed E-state index contributed by atoms with van der Waals surface area (Å²) in [4.78, 5) is 13.0. The SMILES string of the molecule is CCCOCc1ccccc1CNC(=O)NCc1cccs1. The Morgan fingerprint density at radius 3 is 2.59 bits per heavy atom. The number of carbonyl (C=O) groups excluding carboxylic acids is 1. The monoisotopic (exact) mass is 318 g/mol. The van der Waals surface area contributed by atoms with Crippen molar-refractivity contribution in [3.63, 3.8) is 0 Å². The molecule has 0 aliphatic carbocycles. The van der Waals surface area contributed by atoms with Gasteiger partial charge in [0.25, 0.3) is 0 Å². The quantitative estimate of drug-likeness (QED) is 0.730. The van der Waals surface area contributed by atoms with Gasteiger partial charge in [0, 0.05) is 18.0 Å². The highest BCUT2D eigenvalue weighted by Gasteiger charge is 2.05. The van der Waals surface area contributed by atoms with E-state index in [9.17, 15) is 4.79 Å². The predicted molar refractivity (Wildman–Crippen MR) is 89.8 cm³/mol. The van der Waals surface area contributed by atoms with Gasteiger partial charge in [0.15, 0.2) is 0 Å². The summed E-state index contributed by atoms with van der Waals surface area (Å²) in [5, 5.41) is 7.75. The van der Waals surface area contributed by atoms with Crippen molar-refractivity contribution in [1.82, 2.24) is 10.6 Å². The summed E-state index contributed by atoms with van der Waals surface area (Å²) in [7, 11) is 0. The van der Waals surface area contributed by atoms with Crippen molar-refractivity contribution in [3.05, 3.63) is 57.8 Å². The highest BCUT2D eigenvalue weighted by atomic mass is 32.1. The van der Waals surface area contributed by atoms with Gasteiger partial charge in [-0.05, 0) is 29.0 Å². The molecule has 5 heteroatoms. The zero-order valence-electron chi connectivity index (χ0n) is 12.8. The Bertz CT molecular complexity index is 570. The lowest BCUT2D eigenvalue weighted by Crippen LogP contribution is -2.34. The van der Waals surface area contributed by atoms with Crippen LogP contribution in [0.4, 0.5) is 4.79 Å². The molecular weight excluding hydrogens is 296 g/mol. The van der Waals surface area contributed by atoms with Gasteiger partial charge in [-0.1, -0.05) is 37.3 Å². The van der Waals surface area contributed by atoms with Crippen molar-refractivity contribution < 1.29 is 9.53 Å². The third-order valence-corrected chi connectivity index (χ3v) is 4.04. The van der Waals surface area contributed by atoms with E-state index in [2.05, 4.69) is 17.6 Å². The summed E-state index contributed by atoms with van der Waals surface area (Å²) in [5.41, 5.74) is 2.21. The van der Waals surface area contributed by atoms with Crippen LogP contribution in [-0.2, 0) is 24.4 Å². The first-order chi connectivity index (χ1) is 10.8. The van der Waals surface area contributed by atoms with Crippen LogP contribution in [0, 0.1) is 0 Å². The van der Waals surface area contributed by atoms with Crippen molar-refractivity contribution >= 4 is 17.4 Å². The van der Waals surface area contributed by atoms with E-state index < -0.39 is 0 Å². The maximum atomic E-state index is 11.8. The number of nitrogens with one attached hydrogen (secondary N) is 2. The highest BCUT2D eigenvalue weighted by molar-refractivity contribution is 7.09. The summed E-state index contributed by atoms with van der Waals surface area (Å²) >= 11 is 1.63. The summed E-state index contributed by atoms with van der Waals surface area (Å²) in [6.07, 6.45) is 1.01. The van der Waals surface area contributed by atoms with Gasteiger partial charge in [0.05, 0.1) is 13.2 Å². The van der Waals surface area contributed by atoms with Crippen LogP contribution >= 0.6 is 11.3 Å². The molecule has 0 saturated heterocycles. The van der Waals surface area contributed by atoms with Gasteiger partial charge in [-0.2, -0.15) is 0 Å². The van der Waals surface area contributed by atoms with Gasteiger partial charge >= 0.3 is 6.03 Å². The van der Waals surface area contributed by atoms with E-state index in [4.69, 9.17) is 4.74 Å². The molecule has 0 aliphatic heterocycles. The second-order valence-electron chi connectivity index (χ2n) is 4.94. The molecule has 22 heavy (non-hydrogen) atoms. The van der Waals surface area contributed by atoms with Gasteiger partial charge in [-0.25, -0.2) is 4.79 Å². The lowest BCUT2D eigenvalue weighted by atomic mass is 10.1. The smallest absolute Gasteiger partial charge is 0.315 e. The number of urea groups is 1. The Kier molecular flexibility index (Phi) is 6.93. The predicted octanol–water partition coefficient (Wildman–Crippen LogP) is 3.67. The summed E-state index contributed by atoms with van der Waals surface area (Å²) in [6.45, 7) is 4.49. The normalized spacial score (nSPS) is 10.4. The lowest BCUT2D eigenvalue weighted by molar-refractivity contribution is 0.121. The molecule has 0 radical (unpaired) electrons. The van der Waals surface area contributed by atoms with Crippen molar-refractivity contribution in [2.75, 3.05) is 6.61 Å². The molecule has 2 N–H and O–H groups in total. The van der Waals surface area contributed by atoms with Crippen LogP contribution in [0.2, 0.25) is 0 Å². The fourth-order valence-corrected chi connectivity index (χ4v) is 2.66. The molecule has 1 heterocycles. The largest absolute Gasteiger partial charge is 0.377 e. The van der Waals surface area contributed by atoms with Crippen LogP contribution in [0.5, 0.6) is 0 Å². The average molecular weight is 318 g/mol. The Morgan fingerprint density at radius 1 is 1.09 bits per heavy atom. The first-order valence-electron chi connectivity index (χ1n) is 7.48. The zero-order valence-corrected chi connectivity index (χ0v) is 13.6. The third kappa shape index (κ3) is 5.50. The highest BCUT2D eigenvalue weighted by Crippen LogP contribution is 2.10. The number of ether oxygens (including phenoxy) is 1. The molecule has 2 amide bonds. The Hall–Kier alpha value is -1.85. The van der Waals surface area contributed by atoms with Crippen molar-refractivity contribution in [2.24, 2.45) is 0 Å². The van der Waals surface area contributed by atoms with E-state index in [-0.39, 0.29) is 6.03 Å². The summed E-state index contributed by atoms with van der Waals surface area (Å²) in [6, 6.07) is 11.9. The van der Waals surface area contributed by atoms with Crippen LogP contribution < -0.4 is 10.6 Å². The number of hydrogen-bond donors (Lipinski definition) is 2. The van der Waals surface area contributed by atoms with E-state index in [0.717, 1.165) is 29.0 Å². The van der Waals surface area contributed by atoms with Crippen molar-refractivity contribution in [2.45, 2.75) is 33.0 Å². The third-order valence-electron chi connectivity index (χ3n) is 3.17. The fraction of sp³-hybridized carbons (Fsp3) is 0.353. The van der Waals surface area contributed by atoms with Crippen LogP contribution in [-0.4, -0.2) is 12.6 Å². The molecular formula is C17H22N2O2S. The maximum Gasteiger partial charge on any atom is 0.315 e. The van der Waals surface area contributed by atoms with E-state index in [1.165, 1.54) is 0 Å². The second kappa shape index (κ2) is 9.23. The maximum absolute atomic E-state index is 11.8. The van der Waals surface area contributed by atoms with Crippen LogP contribution in [0.15, 0.2) is 41.8 Å². The molecule has 2 rings (SSSR count). The average Bonchev–Trinajstić information content (AvgIpc) is 3.05. The number of rotatable bonds is 8. The molecule has 0 atom stereocenters. The van der Waals surface area contributed by atoms with E-state index in [1.54, 1.807) is 11.3 Å². The molecule has 118 valence electrons. The number of thiophene rings is 1. The molecule has 4 nitrogen and oxygen atoms in total. The molecule has 0 spiro atoms. The van der Waals surface area contributed by atoms with Crippen molar-refractivity contribution in [1.29, 1.82) is 0 Å². The fourth-order valence-electron chi connectivity index (χ4n) is 2.02. The molecule has 0 saturated carbocycles. The van der Waals surface area contributed by atoms with Crippen LogP contribution in [0.25, 0.3) is 0 Å². The van der Waals surface area contributed by atoms with Gasteiger partial charge in [0.1, 0.15) is 0 Å². The van der Waals surface area contributed by atoms with Crippen molar-refractivity contribution in [3.8, 4) is 0 Å². The van der Waals surface area contributed by atoms with Crippen LogP contribution in [0.3, 0.4) is 0 Å². The molecule has 0 aliphatic rings. The number of benzene rings is 1. The minimum atomic E-state index is -0.155. The standard InChI is InChI=1S/C17H22N2O2S/c1-2-9-21-13-15-7-4-3-6-14(15)11-18-17(20)19-12-16-8-5-10-22-16/h3-8,10H,2,9,11-13H2,1H3,(H2,18,19,20). The Morgan fingerprint density at radius 2 is 1.86 bits per heavy atom. The lowest BCUT2D eigenvalue weighted by Gasteiger charge is -2.11. The van der Waals surface area contributed by atoms with Gasteiger partial charge < -0.3 is 15.4 Å². The molecule has 0 bridgehead atoms. The molecule has 1 aromatic heterocycles. The first-order valence-corrected chi connectivity index (χ1v) is 8.36. The second-order valence-corrected chi connectivity index (χ2v) is 5.97. The Balaban J connectivity index is 1.79. The number of carbonyl (C=O) groups is 1. The molecule has 0 unspecified atom stereocenters. The molecule has 2 aromatic rings. The summed E-state index contributed by atoms with van der Waals surface area (Å²) in [5.74, 6) is 0. The zero-order chi connectivity index (χ0) is 15.6. The minimum absolute atomic E-state index is 0.155.